The first kappa shape index (κ1) is 18.7. The summed E-state index contributed by atoms with van der Waals surface area (Å²) in [6, 6.07) is 8.08. The Kier molecular flexibility index (Phi) is 5.15. The van der Waals surface area contributed by atoms with Crippen molar-refractivity contribution in [2.24, 2.45) is 5.92 Å². The Morgan fingerprint density at radius 1 is 1.18 bits per heavy atom. The fourth-order valence-electron chi connectivity index (χ4n) is 4.00. The highest BCUT2D eigenvalue weighted by molar-refractivity contribution is 5.93. The Morgan fingerprint density at radius 3 is 2.61 bits per heavy atom. The number of rotatable bonds is 6. The van der Waals surface area contributed by atoms with Crippen LogP contribution in [0.5, 0.6) is 0 Å². The van der Waals surface area contributed by atoms with Crippen molar-refractivity contribution in [3.05, 3.63) is 41.2 Å². The van der Waals surface area contributed by atoms with E-state index in [1.165, 1.54) is 5.56 Å². The summed E-state index contributed by atoms with van der Waals surface area (Å²) in [5, 5.41) is 17.5. The van der Waals surface area contributed by atoms with Crippen LogP contribution < -0.4 is 0 Å². The van der Waals surface area contributed by atoms with Gasteiger partial charge in [0.1, 0.15) is 0 Å². The number of aryl methyl sites for hydroxylation is 1. The highest BCUT2D eigenvalue weighted by atomic mass is 16.4. The van der Waals surface area contributed by atoms with Gasteiger partial charge in [0.15, 0.2) is 5.69 Å². The van der Waals surface area contributed by atoms with Crippen LogP contribution >= 0.6 is 0 Å². The number of carbonyl (C=O) groups excluding carboxylic acids is 1. The number of nitrogens with zero attached hydrogens (tertiary/aromatic N) is 4. The summed E-state index contributed by atoms with van der Waals surface area (Å²) >= 11 is 0. The summed E-state index contributed by atoms with van der Waals surface area (Å²) in [6.45, 7) is 3.34. The summed E-state index contributed by atoms with van der Waals surface area (Å²) in [6.07, 6.45) is 4.76. The normalized spacial score (nSPS) is 19.6. The third kappa shape index (κ3) is 3.93. The molecule has 7 heteroatoms. The number of carboxylic acids is 1. The van der Waals surface area contributed by atoms with E-state index >= 15 is 0 Å². The Hall–Kier alpha value is -2.70. The van der Waals surface area contributed by atoms with Gasteiger partial charge in [-0.3, -0.25) is 9.59 Å². The number of aliphatic carboxylic acids is 1. The molecule has 28 heavy (non-hydrogen) atoms. The van der Waals surface area contributed by atoms with Crippen LogP contribution in [0.15, 0.2) is 24.3 Å². The molecule has 4 rings (SSSR count). The zero-order valence-corrected chi connectivity index (χ0v) is 16.2. The van der Waals surface area contributed by atoms with Gasteiger partial charge >= 0.3 is 5.97 Å². The molecule has 1 atom stereocenters. The highest BCUT2D eigenvalue weighted by Gasteiger charge is 2.36. The second kappa shape index (κ2) is 7.73. The van der Waals surface area contributed by atoms with Crippen molar-refractivity contribution in [3.8, 4) is 5.69 Å². The number of likely N-dealkylation sites (tertiary alicyclic amines) is 1. The Morgan fingerprint density at radius 2 is 1.93 bits per heavy atom. The van der Waals surface area contributed by atoms with Crippen LogP contribution in [0, 0.1) is 12.8 Å². The monoisotopic (exact) mass is 382 g/mol. The molecule has 2 heterocycles. The predicted molar refractivity (Wildman–Crippen MR) is 104 cm³/mol. The maximum atomic E-state index is 13.2. The van der Waals surface area contributed by atoms with E-state index in [0.29, 0.717) is 31.1 Å². The lowest BCUT2D eigenvalue weighted by molar-refractivity contribution is -0.137. The zero-order chi connectivity index (χ0) is 19.7. The first-order valence-electron chi connectivity index (χ1n) is 10.1. The van der Waals surface area contributed by atoms with Crippen LogP contribution in [0.1, 0.15) is 66.2 Å². The van der Waals surface area contributed by atoms with Gasteiger partial charge in [0.25, 0.3) is 5.91 Å². The number of piperidine rings is 1. The van der Waals surface area contributed by atoms with Crippen LogP contribution in [-0.4, -0.2) is 50.0 Å². The molecule has 1 unspecified atom stereocenters. The number of benzene rings is 1. The lowest BCUT2D eigenvalue weighted by atomic mass is 9.93. The van der Waals surface area contributed by atoms with E-state index in [1.54, 1.807) is 0 Å². The minimum atomic E-state index is -0.777. The molecule has 2 aromatic rings. The molecule has 1 N–H and O–H groups in total. The molecule has 0 radical (unpaired) electrons. The molecule has 148 valence electrons. The molecule has 1 amide bonds. The maximum Gasteiger partial charge on any atom is 0.303 e. The standard InChI is InChI=1S/C21H26N4O3/c1-14-4-9-17(10-5-14)25-20(16-7-8-16)19(22-23-25)21(28)24-12-2-3-15(13-24)6-11-18(26)27/h4-5,9-10,15-16H,2-3,6-8,11-13H2,1H3,(H,26,27). The quantitative estimate of drug-likeness (QED) is 0.829. The lowest BCUT2D eigenvalue weighted by Crippen LogP contribution is -2.40. The molecular weight excluding hydrogens is 356 g/mol. The van der Waals surface area contributed by atoms with E-state index in [9.17, 15) is 9.59 Å². The molecular formula is C21H26N4O3. The van der Waals surface area contributed by atoms with Crippen molar-refractivity contribution < 1.29 is 14.7 Å². The van der Waals surface area contributed by atoms with E-state index in [4.69, 9.17) is 5.11 Å². The van der Waals surface area contributed by atoms with E-state index in [-0.39, 0.29) is 18.2 Å². The van der Waals surface area contributed by atoms with E-state index in [1.807, 2.05) is 40.8 Å². The number of aromatic nitrogens is 3. The van der Waals surface area contributed by atoms with Crippen LogP contribution in [0.4, 0.5) is 0 Å². The number of hydrogen-bond donors (Lipinski definition) is 1. The van der Waals surface area contributed by atoms with E-state index < -0.39 is 5.97 Å². The second-order valence-electron chi connectivity index (χ2n) is 8.04. The smallest absolute Gasteiger partial charge is 0.303 e. The molecule has 0 spiro atoms. The average Bonchev–Trinajstić information content (AvgIpc) is 3.45. The molecule has 7 nitrogen and oxygen atoms in total. The van der Waals surface area contributed by atoms with Gasteiger partial charge in [-0.05, 0) is 57.1 Å². The van der Waals surface area contributed by atoms with Gasteiger partial charge in [0, 0.05) is 25.4 Å². The second-order valence-corrected chi connectivity index (χ2v) is 8.04. The average molecular weight is 382 g/mol. The molecule has 1 saturated carbocycles. The Bertz CT molecular complexity index is 870. The molecule has 1 aromatic heterocycles. The van der Waals surface area contributed by atoms with Crippen molar-refractivity contribution in [2.75, 3.05) is 13.1 Å². The molecule has 2 fully saturated rings. The minimum Gasteiger partial charge on any atom is -0.481 e. The van der Waals surface area contributed by atoms with E-state index in [0.717, 1.165) is 37.1 Å². The highest BCUT2D eigenvalue weighted by Crippen LogP contribution is 2.42. The predicted octanol–water partition coefficient (Wildman–Crippen LogP) is 3.17. The molecule has 1 saturated heterocycles. The first-order valence-corrected chi connectivity index (χ1v) is 10.1. The van der Waals surface area contributed by atoms with Crippen LogP contribution in [0.2, 0.25) is 0 Å². The fraction of sp³-hybridized carbons (Fsp3) is 0.524. The van der Waals surface area contributed by atoms with Crippen LogP contribution in [-0.2, 0) is 4.79 Å². The zero-order valence-electron chi connectivity index (χ0n) is 16.2. The minimum absolute atomic E-state index is 0.0692. The molecule has 1 aliphatic heterocycles. The summed E-state index contributed by atoms with van der Waals surface area (Å²) in [5.74, 6) is -0.269. The van der Waals surface area contributed by atoms with Gasteiger partial charge in [-0.25, -0.2) is 4.68 Å². The first-order chi connectivity index (χ1) is 13.5. The van der Waals surface area contributed by atoms with Gasteiger partial charge in [-0.2, -0.15) is 0 Å². The molecule has 0 bridgehead atoms. The number of carbonyl (C=O) groups is 2. The van der Waals surface area contributed by atoms with Gasteiger partial charge in [-0.1, -0.05) is 22.9 Å². The lowest BCUT2D eigenvalue weighted by Gasteiger charge is -2.32. The number of hydrogen-bond acceptors (Lipinski definition) is 4. The largest absolute Gasteiger partial charge is 0.481 e. The summed E-state index contributed by atoms with van der Waals surface area (Å²) < 4.78 is 1.82. The van der Waals surface area contributed by atoms with Gasteiger partial charge in [-0.15, -0.1) is 5.10 Å². The summed E-state index contributed by atoms with van der Waals surface area (Å²) in [7, 11) is 0. The van der Waals surface area contributed by atoms with Gasteiger partial charge < -0.3 is 10.0 Å². The Balaban J connectivity index is 1.56. The topological polar surface area (TPSA) is 88.3 Å². The number of carboxylic acid groups (broad SMARTS) is 1. The molecule has 1 aromatic carbocycles. The molecule has 1 aliphatic carbocycles. The maximum absolute atomic E-state index is 13.2. The third-order valence-electron chi connectivity index (χ3n) is 5.72. The van der Waals surface area contributed by atoms with Crippen molar-refractivity contribution >= 4 is 11.9 Å². The van der Waals surface area contributed by atoms with Crippen molar-refractivity contribution in [3.63, 3.8) is 0 Å². The summed E-state index contributed by atoms with van der Waals surface area (Å²) in [5.41, 5.74) is 3.48. The molecule has 2 aliphatic rings. The fourth-order valence-corrected chi connectivity index (χ4v) is 4.00. The van der Waals surface area contributed by atoms with Gasteiger partial charge in [0.05, 0.1) is 11.4 Å². The number of amides is 1. The van der Waals surface area contributed by atoms with Crippen molar-refractivity contribution in [1.29, 1.82) is 0 Å². The van der Waals surface area contributed by atoms with Gasteiger partial charge in [0.2, 0.25) is 0 Å². The summed E-state index contributed by atoms with van der Waals surface area (Å²) in [4.78, 5) is 25.9. The van der Waals surface area contributed by atoms with Crippen molar-refractivity contribution in [1.82, 2.24) is 19.9 Å². The van der Waals surface area contributed by atoms with Crippen LogP contribution in [0.3, 0.4) is 0 Å². The van der Waals surface area contributed by atoms with Crippen LogP contribution in [0.25, 0.3) is 5.69 Å². The Labute approximate surface area is 164 Å². The van der Waals surface area contributed by atoms with E-state index in [2.05, 4.69) is 10.3 Å². The SMILES string of the molecule is Cc1ccc(-n2nnc(C(=O)N3CCCC(CCC(=O)O)C3)c2C2CC2)cc1. The van der Waals surface area contributed by atoms with Crippen molar-refractivity contribution in [2.45, 2.75) is 51.4 Å². The third-order valence-corrected chi connectivity index (χ3v) is 5.72.